The highest BCUT2D eigenvalue weighted by atomic mass is 79.9. The van der Waals surface area contributed by atoms with Gasteiger partial charge < -0.3 is 10.3 Å². The molecule has 2 aromatic heterocycles. The Morgan fingerprint density at radius 2 is 2.05 bits per heavy atom. The summed E-state index contributed by atoms with van der Waals surface area (Å²) in [6, 6.07) is 3.59. The van der Waals surface area contributed by atoms with Crippen LogP contribution < -0.4 is 5.73 Å². The van der Waals surface area contributed by atoms with E-state index in [0.717, 1.165) is 17.3 Å². The van der Waals surface area contributed by atoms with E-state index in [-0.39, 0.29) is 6.04 Å². The molecule has 2 aromatic rings. The van der Waals surface area contributed by atoms with Gasteiger partial charge in [0.15, 0.2) is 0 Å². The van der Waals surface area contributed by atoms with Crippen molar-refractivity contribution in [3.63, 3.8) is 0 Å². The number of hydrogen-bond donors (Lipinski definition) is 1. The van der Waals surface area contributed by atoms with Gasteiger partial charge in [-0.1, -0.05) is 24.4 Å². The molecule has 0 radical (unpaired) electrons. The minimum absolute atomic E-state index is 0.160. The molecule has 0 bridgehead atoms. The summed E-state index contributed by atoms with van der Waals surface area (Å²) < 4.78 is 6.25. The van der Waals surface area contributed by atoms with Crippen LogP contribution in [-0.4, -0.2) is 15.1 Å². The summed E-state index contributed by atoms with van der Waals surface area (Å²) in [5, 5.41) is 3.99. The fraction of sp³-hybridized carbons (Fsp3) is 0.500. The van der Waals surface area contributed by atoms with E-state index in [1.807, 2.05) is 12.1 Å². The van der Waals surface area contributed by atoms with Crippen molar-refractivity contribution in [1.29, 1.82) is 0 Å². The summed E-state index contributed by atoms with van der Waals surface area (Å²) >= 11 is 3.35. The molecule has 1 aliphatic rings. The van der Waals surface area contributed by atoms with Crippen LogP contribution in [0.3, 0.4) is 0 Å². The molecule has 0 aromatic carbocycles. The summed E-state index contributed by atoms with van der Waals surface area (Å²) in [4.78, 5) is 8.67. The van der Waals surface area contributed by atoms with E-state index in [0.29, 0.717) is 23.3 Å². The Balaban J connectivity index is 1.77. The first kappa shape index (κ1) is 13.7. The van der Waals surface area contributed by atoms with E-state index in [2.05, 4.69) is 31.1 Å². The Hall–Kier alpha value is -1.27. The number of hydrogen-bond acceptors (Lipinski definition) is 5. The Morgan fingerprint density at radius 3 is 2.75 bits per heavy atom. The summed E-state index contributed by atoms with van der Waals surface area (Å²) in [6.45, 7) is 0. The van der Waals surface area contributed by atoms with Crippen LogP contribution in [-0.2, 0) is 0 Å². The number of halogens is 1. The van der Waals surface area contributed by atoms with Gasteiger partial charge in [0.05, 0.1) is 6.04 Å². The number of nitrogens with zero attached hydrogens (tertiary/aromatic N) is 3. The average molecular weight is 337 g/mol. The lowest BCUT2D eigenvalue weighted by atomic mass is 9.84. The van der Waals surface area contributed by atoms with Gasteiger partial charge in [-0.05, 0) is 46.8 Å². The molecule has 0 saturated heterocycles. The minimum atomic E-state index is -0.160. The van der Waals surface area contributed by atoms with E-state index in [1.54, 1.807) is 6.20 Å². The lowest BCUT2D eigenvalue weighted by molar-refractivity contribution is 0.255. The van der Waals surface area contributed by atoms with Gasteiger partial charge in [0.2, 0.25) is 11.7 Å². The molecule has 0 spiro atoms. The van der Waals surface area contributed by atoms with Gasteiger partial charge in [-0.2, -0.15) is 4.98 Å². The van der Waals surface area contributed by atoms with Crippen LogP contribution in [0.25, 0.3) is 11.5 Å². The zero-order valence-corrected chi connectivity index (χ0v) is 12.7. The molecule has 1 saturated carbocycles. The van der Waals surface area contributed by atoms with Gasteiger partial charge in [-0.3, -0.25) is 4.98 Å². The topological polar surface area (TPSA) is 77.8 Å². The number of pyridine rings is 1. The fourth-order valence-corrected chi connectivity index (χ4v) is 2.91. The van der Waals surface area contributed by atoms with Gasteiger partial charge in [0.1, 0.15) is 5.69 Å². The lowest BCUT2D eigenvalue weighted by Gasteiger charge is -2.24. The first-order valence-corrected chi connectivity index (χ1v) is 7.74. The largest absolute Gasteiger partial charge is 0.337 e. The van der Waals surface area contributed by atoms with Crippen molar-refractivity contribution >= 4 is 15.9 Å². The highest BCUT2D eigenvalue weighted by molar-refractivity contribution is 9.10. The summed E-state index contributed by atoms with van der Waals surface area (Å²) in [5.74, 6) is 1.48. The number of aromatic nitrogens is 3. The third kappa shape index (κ3) is 2.91. The van der Waals surface area contributed by atoms with E-state index in [9.17, 15) is 0 Å². The maximum Gasteiger partial charge on any atom is 0.244 e. The Labute approximate surface area is 126 Å². The zero-order chi connectivity index (χ0) is 13.9. The molecule has 3 rings (SSSR count). The van der Waals surface area contributed by atoms with Crippen molar-refractivity contribution in [2.24, 2.45) is 11.7 Å². The molecular weight excluding hydrogens is 320 g/mol. The number of rotatable bonds is 3. The molecule has 1 unspecified atom stereocenters. The zero-order valence-electron chi connectivity index (χ0n) is 11.1. The molecule has 106 valence electrons. The Kier molecular flexibility index (Phi) is 4.12. The van der Waals surface area contributed by atoms with Crippen LogP contribution >= 0.6 is 15.9 Å². The normalized spacial score (nSPS) is 18.1. The van der Waals surface area contributed by atoms with E-state index >= 15 is 0 Å². The lowest BCUT2D eigenvalue weighted by Crippen LogP contribution is -2.23. The second-order valence-corrected chi connectivity index (χ2v) is 6.16. The van der Waals surface area contributed by atoms with Crippen molar-refractivity contribution in [3.05, 3.63) is 28.7 Å². The van der Waals surface area contributed by atoms with Crippen molar-refractivity contribution < 1.29 is 4.52 Å². The molecule has 1 atom stereocenters. The summed E-state index contributed by atoms with van der Waals surface area (Å²) in [5.41, 5.74) is 6.95. The first-order chi connectivity index (χ1) is 9.74. The van der Waals surface area contributed by atoms with Gasteiger partial charge in [-0.15, -0.1) is 0 Å². The smallest absolute Gasteiger partial charge is 0.244 e. The molecule has 0 amide bonds. The highest BCUT2D eigenvalue weighted by Crippen LogP contribution is 2.32. The maximum absolute atomic E-state index is 6.26. The second kappa shape index (κ2) is 6.01. The van der Waals surface area contributed by atoms with Crippen LogP contribution in [0.2, 0.25) is 0 Å². The Morgan fingerprint density at radius 1 is 1.25 bits per heavy atom. The van der Waals surface area contributed by atoms with Crippen molar-refractivity contribution in [1.82, 2.24) is 15.1 Å². The Bertz CT molecular complexity index is 563. The van der Waals surface area contributed by atoms with Gasteiger partial charge in [0.25, 0.3) is 0 Å². The van der Waals surface area contributed by atoms with E-state index < -0.39 is 0 Å². The van der Waals surface area contributed by atoms with Gasteiger partial charge in [-0.25, -0.2) is 0 Å². The SMILES string of the molecule is NC(c1nc(-c2ccc(Br)cn2)no1)C1CCCCC1. The first-order valence-electron chi connectivity index (χ1n) is 6.95. The maximum atomic E-state index is 6.26. The average Bonchev–Trinajstić information content (AvgIpc) is 2.98. The van der Waals surface area contributed by atoms with Crippen LogP contribution in [0.4, 0.5) is 0 Å². The number of nitrogens with two attached hydrogens (primary N) is 1. The van der Waals surface area contributed by atoms with E-state index in [1.165, 1.54) is 19.3 Å². The third-order valence-electron chi connectivity index (χ3n) is 3.84. The molecule has 20 heavy (non-hydrogen) atoms. The van der Waals surface area contributed by atoms with Crippen LogP contribution in [0, 0.1) is 5.92 Å². The van der Waals surface area contributed by atoms with Crippen LogP contribution in [0.15, 0.2) is 27.3 Å². The van der Waals surface area contributed by atoms with E-state index in [4.69, 9.17) is 10.3 Å². The quantitative estimate of drug-likeness (QED) is 0.928. The van der Waals surface area contributed by atoms with Crippen molar-refractivity contribution in [3.8, 4) is 11.5 Å². The molecule has 2 heterocycles. The molecular formula is C14H17BrN4O. The van der Waals surface area contributed by atoms with Crippen LogP contribution in [0.5, 0.6) is 0 Å². The standard InChI is InChI=1S/C14H17BrN4O/c15-10-6-7-11(17-8-10)13-18-14(20-19-13)12(16)9-4-2-1-3-5-9/h6-9,12H,1-5,16H2. The van der Waals surface area contributed by atoms with Gasteiger partial charge in [0, 0.05) is 10.7 Å². The predicted octanol–water partition coefficient (Wildman–Crippen LogP) is 3.47. The van der Waals surface area contributed by atoms with Crippen LogP contribution in [0.1, 0.15) is 44.0 Å². The minimum Gasteiger partial charge on any atom is -0.337 e. The molecule has 5 nitrogen and oxygen atoms in total. The summed E-state index contributed by atoms with van der Waals surface area (Å²) in [7, 11) is 0. The fourth-order valence-electron chi connectivity index (χ4n) is 2.68. The molecule has 2 N–H and O–H groups in total. The third-order valence-corrected chi connectivity index (χ3v) is 4.31. The monoisotopic (exact) mass is 336 g/mol. The predicted molar refractivity (Wildman–Crippen MR) is 78.7 cm³/mol. The molecule has 0 aliphatic heterocycles. The van der Waals surface area contributed by atoms with Gasteiger partial charge >= 0.3 is 0 Å². The van der Waals surface area contributed by atoms with Crippen molar-refractivity contribution in [2.75, 3.05) is 0 Å². The second-order valence-electron chi connectivity index (χ2n) is 5.24. The molecule has 6 heteroatoms. The molecule has 1 aliphatic carbocycles. The summed E-state index contributed by atoms with van der Waals surface area (Å²) in [6.07, 6.45) is 7.81. The van der Waals surface area contributed by atoms with Crippen molar-refractivity contribution in [2.45, 2.75) is 38.1 Å². The highest BCUT2D eigenvalue weighted by Gasteiger charge is 2.26. The molecule has 1 fully saturated rings.